The highest BCUT2D eigenvalue weighted by atomic mass is 16.3. The zero-order chi connectivity index (χ0) is 9.61. The Bertz CT molecular complexity index is 95.3. The molecule has 0 fully saturated rings. The summed E-state index contributed by atoms with van der Waals surface area (Å²) in [7, 11) is 0. The second-order valence-electron chi connectivity index (χ2n) is 3.95. The van der Waals surface area contributed by atoms with Crippen LogP contribution in [0.4, 0.5) is 0 Å². The first-order valence-corrected chi connectivity index (χ1v) is 5.28. The molecule has 0 spiro atoms. The lowest BCUT2D eigenvalue weighted by atomic mass is 9.75. The number of hydrogen-bond acceptors (Lipinski definition) is 1. The lowest BCUT2D eigenvalue weighted by Gasteiger charge is -2.30. The molecule has 0 aromatic carbocycles. The first-order chi connectivity index (χ1) is 5.60. The fourth-order valence-corrected chi connectivity index (χ4v) is 1.80. The van der Waals surface area contributed by atoms with E-state index in [1.807, 2.05) is 6.92 Å². The van der Waals surface area contributed by atoms with Crippen molar-refractivity contribution in [2.75, 3.05) is 0 Å². The zero-order valence-electron chi connectivity index (χ0n) is 9.06. The summed E-state index contributed by atoms with van der Waals surface area (Å²) >= 11 is 0. The molecule has 0 radical (unpaired) electrons. The van der Waals surface area contributed by atoms with Crippen LogP contribution in [0.1, 0.15) is 59.8 Å². The van der Waals surface area contributed by atoms with Crippen LogP contribution in [0.3, 0.4) is 0 Å². The average molecular weight is 172 g/mol. The van der Waals surface area contributed by atoms with E-state index in [9.17, 15) is 5.11 Å². The van der Waals surface area contributed by atoms with Gasteiger partial charge < -0.3 is 5.11 Å². The smallest absolute Gasteiger partial charge is 0.0512 e. The molecule has 0 aromatic heterocycles. The summed E-state index contributed by atoms with van der Waals surface area (Å²) < 4.78 is 0. The van der Waals surface area contributed by atoms with Gasteiger partial charge >= 0.3 is 0 Å². The number of aliphatic hydroxyl groups is 1. The van der Waals surface area contributed by atoms with Gasteiger partial charge in [0.15, 0.2) is 0 Å². The summed E-state index contributed by atoms with van der Waals surface area (Å²) in [4.78, 5) is 0. The molecular weight excluding hydrogens is 148 g/mol. The molecule has 0 heterocycles. The Labute approximate surface area is 77.2 Å². The van der Waals surface area contributed by atoms with Gasteiger partial charge in [0.05, 0.1) is 6.10 Å². The Morgan fingerprint density at radius 2 is 1.50 bits per heavy atom. The SMILES string of the molecule is CCC(CC)(CC)CCC(C)O. The van der Waals surface area contributed by atoms with Crippen molar-refractivity contribution in [3.8, 4) is 0 Å². The maximum absolute atomic E-state index is 9.20. The molecule has 0 aromatic rings. The lowest BCUT2D eigenvalue weighted by molar-refractivity contribution is 0.138. The highest BCUT2D eigenvalue weighted by Crippen LogP contribution is 2.35. The van der Waals surface area contributed by atoms with Gasteiger partial charge in [0.25, 0.3) is 0 Å². The van der Waals surface area contributed by atoms with E-state index in [2.05, 4.69) is 20.8 Å². The van der Waals surface area contributed by atoms with E-state index in [4.69, 9.17) is 0 Å². The Morgan fingerprint density at radius 3 is 1.75 bits per heavy atom. The minimum absolute atomic E-state index is 0.131. The monoisotopic (exact) mass is 172 g/mol. The second kappa shape index (κ2) is 5.58. The van der Waals surface area contributed by atoms with E-state index in [1.54, 1.807) is 0 Å². The van der Waals surface area contributed by atoms with Crippen molar-refractivity contribution in [2.45, 2.75) is 65.9 Å². The van der Waals surface area contributed by atoms with Gasteiger partial charge in [-0.3, -0.25) is 0 Å². The van der Waals surface area contributed by atoms with Gasteiger partial charge in [-0.05, 0) is 25.2 Å². The molecule has 0 aliphatic rings. The molecule has 0 bridgehead atoms. The third-order valence-corrected chi connectivity index (χ3v) is 3.34. The standard InChI is InChI=1S/C11H24O/c1-5-11(6-2,7-3)9-8-10(4)12/h10,12H,5-9H2,1-4H3. The van der Waals surface area contributed by atoms with E-state index in [0.717, 1.165) is 6.42 Å². The van der Waals surface area contributed by atoms with Gasteiger partial charge in [-0.1, -0.05) is 40.0 Å². The van der Waals surface area contributed by atoms with E-state index in [1.165, 1.54) is 25.7 Å². The largest absolute Gasteiger partial charge is 0.393 e. The van der Waals surface area contributed by atoms with Crippen molar-refractivity contribution in [1.82, 2.24) is 0 Å². The number of aliphatic hydroxyl groups excluding tert-OH is 1. The lowest BCUT2D eigenvalue weighted by Crippen LogP contribution is -2.19. The molecule has 74 valence electrons. The summed E-state index contributed by atoms with van der Waals surface area (Å²) in [5.74, 6) is 0. The third-order valence-electron chi connectivity index (χ3n) is 3.34. The Hall–Kier alpha value is -0.0400. The Morgan fingerprint density at radius 1 is 1.08 bits per heavy atom. The van der Waals surface area contributed by atoms with E-state index < -0.39 is 0 Å². The van der Waals surface area contributed by atoms with Crippen molar-refractivity contribution in [3.63, 3.8) is 0 Å². The van der Waals surface area contributed by atoms with E-state index in [0.29, 0.717) is 5.41 Å². The number of hydrogen-bond donors (Lipinski definition) is 1. The van der Waals surface area contributed by atoms with Crippen LogP contribution in [-0.2, 0) is 0 Å². The molecular formula is C11H24O. The molecule has 0 aliphatic carbocycles. The predicted octanol–water partition coefficient (Wildman–Crippen LogP) is 3.36. The quantitative estimate of drug-likeness (QED) is 0.651. The first kappa shape index (κ1) is 12.0. The minimum Gasteiger partial charge on any atom is -0.393 e. The summed E-state index contributed by atoms with van der Waals surface area (Å²) in [6.07, 6.45) is 5.73. The van der Waals surface area contributed by atoms with Crippen LogP contribution in [0.25, 0.3) is 0 Å². The van der Waals surface area contributed by atoms with E-state index in [-0.39, 0.29) is 6.10 Å². The van der Waals surface area contributed by atoms with Crippen LogP contribution >= 0.6 is 0 Å². The molecule has 1 nitrogen and oxygen atoms in total. The topological polar surface area (TPSA) is 20.2 Å². The van der Waals surface area contributed by atoms with Gasteiger partial charge in [-0.2, -0.15) is 0 Å². The van der Waals surface area contributed by atoms with Gasteiger partial charge in [-0.15, -0.1) is 0 Å². The zero-order valence-corrected chi connectivity index (χ0v) is 9.06. The van der Waals surface area contributed by atoms with Gasteiger partial charge in [0, 0.05) is 0 Å². The number of rotatable bonds is 6. The Kier molecular flexibility index (Phi) is 5.56. The molecule has 0 saturated heterocycles. The second-order valence-corrected chi connectivity index (χ2v) is 3.95. The van der Waals surface area contributed by atoms with Crippen LogP contribution in [0, 0.1) is 5.41 Å². The van der Waals surface area contributed by atoms with Gasteiger partial charge in [0.2, 0.25) is 0 Å². The normalized spacial score (nSPS) is 14.8. The summed E-state index contributed by atoms with van der Waals surface area (Å²) in [5.41, 5.74) is 0.497. The molecule has 1 N–H and O–H groups in total. The summed E-state index contributed by atoms with van der Waals surface area (Å²) in [5, 5.41) is 9.20. The van der Waals surface area contributed by atoms with E-state index >= 15 is 0 Å². The molecule has 0 aliphatic heterocycles. The molecule has 12 heavy (non-hydrogen) atoms. The van der Waals surface area contributed by atoms with Crippen molar-refractivity contribution in [3.05, 3.63) is 0 Å². The predicted molar refractivity (Wildman–Crippen MR) is 54.2 cm³/mol. The molecule has 1 heteroatoms. The van der Waals surface area contributed by atoms with Crippen LogP contribution < -0.4 is 0 Å². The van der Waals surface area contributed by atoms with Crippen LogP contribution in [0.15, 0.2) is 0 Å². The van der Waals surface area contributed by atoms with Crippen molar-refractivity contribution >= 4 is 0 Å². The fraction of sp³-hybridized carbons (Fsp3) is 1.00. The maximum Gasteiger partial charge on any atom is 0.0512 e. The van der Waals surface area contributed by atoms with Crippen molar-refractivity contribution in [1.29, 1.82) is 0 Å². The van der Waals surface area contributed by atoms with Gasteiger partial charge in [0.1, 0.15) is 0 Å². The minimum atomic E-state index is -0.131. The average Bonchev–Trinajstić information content (AvgIpc) is 2.08. The van der Waals surface area contributed by atoms with Crippen LogP contribution in [0.5, 0.6) is 0 Å². The van der Waals surface area contributed by atoms with Crippen molar-refractivity contribution in [2.24, 2.45) is 5.41 Å². The molecule has 1 unspecified atom stereocenters. The van der Waals surface area contributed by atoms with Crippen molar-refractivity contribution < 1.29 is 5.11 Å². The fourth-order valence-electron chi connectivity index (χ4n) is 1.80. The van der Waals surface area contributed by atoms with Crippen LogP contribution in [-0.4, -0.2) is 11.2 Å². The molecule has 0 rings (SSSR count). The molecule has 0 amide bonds. The Balaban J connectivity index is 3.93. The highest BCUT2D eigenvalue weighted by Gasteiger charge is 2.23. The third kappa shape index (κ3) is 3.57. The molecule has 1 atom stereocenters. The summed E-state index contributed by atoms with van der Waals surface area (Å²) in [6.45, 7) is 8.66. The highest BCUT2D eigenvalue weighted by molar-refractivity contribution is 4.75. The molecule has 0 saturated carbocycles. The maximum atomic E-state index is 9.20. The van der Waals surface area contributed by atoms with Crippen LogP contribution in [0.2, 0.25) is 0 Å². The summed E-state index contributed by atoms with van der Waals surface area (Å²) in [6, 6.07) is 0. The van der Waals surface area contributed by atoms with Gasteiger partial charge in [-0.25, -0.2) is 0 Å². The first-order valence-electron chi connectivity index (χ1n) is 5.28.